The summed E-state index contributed by atoms with van der Waals surface area (Å²) in [6.45, 7) is 0. The Labute approximate surface area is 165 Å². The van der Waals surface area contributed by atoms with Crippen LogP contribution in [0, 0.1) is 0 Å². The van der Waals surface area contributed by atoms with Crippen LogP contribution in [0.3, 0.4) is 0 Å². The number of esters is 1. The van der Waals surface area contributed by atoms with Crippen LogP contribution in [0.1, 0.15) is 11.7 Å². The zero-order chi connectivity index (χ0) is 19.5. The minimum absolute atomic E-state index is 0.294. The third-order valence-corrected chi connectivity index (χ3v) is 4.33. The van der Waals surface area contributed by atoms with Crippen LogP contribution in [-0.4, -0.2) is 23.0 Å². The summed E-state index contributed by atoms with van der Waals surface area (Å²) in [6.07, 6.45) is 0.681. The van der Waals surface area contributed by atoms with E-state index in [0.29, 0.717) is 39.0 Å². The maximum Gasteiger partial charge on any atom is 0.351 e. The molecule has 28 heavy (non-hydrogen) atoms. The van der Waals surface area contributed by atoms with Gasteiger partial charge in [-0.05, 0) is 30.3 Å². The van der Waals surface area contributed by atoms with Crippen LogP contribution in [-0.2, 0) is 9.53 Å². The van der Waals surface area contributed by atoms with Gasteiger partial charge >= 0.3 is 5.97 Å². The van der Waals surface area contributed by atoms with Gasteiger partial charge in [0.1, 0.15) is 5.75 Å². The predicted molar refractivity (Wildman–Crippen MR) is 104 cm³/mol. The number of pyridine rings is 1. The first-order valence-corrected chi connectivity index (χ1v) is 8.84. The molecule has 7 heteroatoms. The van der Waals surface area contributed by atoms with E-state index in [0.717, 1.165) is 0 Å². The molecule has 0 aliphatic rings. The highest BCUT2D eigenvalue weighted by Gasteiger charge is 2.26. The van der Waals surface area contributed by atoms with Crippen molar-refractivity contribution in [3.05, 3.63) is 77.4 Å². The lowest BCUT2D eigenvalue weighted by molar-refractivity contribution is -0.149. The molecule has 0 amide bonds. The minimum atomic E-state index is -0.950. The van der Waals surface area contributed by atoms with Crippen molar-refractivity contribution in [2.75, 3.05) is 7.11 Å². The molecule has 0 saturated carbocycles. The van der Waals surface area contributed by atoms with Gasteiger partial charge in [0.15, 0.2) is 11.2 Å². The molecule has 2 aromatic heterocycles. The molecule has 2 aromatic carbocycles. The fraction of sp³-hybridized carbons (Fsp3) is 0.0952. The Hall–Kier alpha value is -3.38. The van der Waals surface area contributed by atoms with E-state index in [-0.39, 0.29) is 0 Å². The number of hydrogen-bond donors (Lipinski definition) is 0. The predicted octanol–water partition coefficient (Wildman–Crippen LogP) is 4.84. The van der Waals surface area contributed by atoms with E-state index >= 15 is 0 Å². The topological polar surface area (TPSA) is 74.5 Å². The van der Waals surface area contributed by atoms with E-state index in [2.05, 4.69) is 9.97 Å². The van der Waals surface area contributed by atoms with Crippen molar-refractivity contribution in [2.24, 2.45) is 0 Å². The van der Waals surface area contributed by atoms with Crippen LogP contribution in [0.2, 0.25) is 5.02 Å². The Morgan fingerprint density at radius 1 is 1.11 bits per heavy atom. The number of nitrogens with zero attached hydrogens (tertiary/aromatic N) is 2. The van der Waals surface area contributed by atoms with Gasteiger partial charge in [-0.1, -0.05) is 41.9 Å². The monoisotopic (exact) mass is 394 g/mol. The molecule has 0 aliphatic carbocycles. The Bertz CT molecular complexity index is 1090. The van der Waals surface area contributed by atoms with Crippen molar-refractivity contribution in [1.82, 2.24) is 9.97 Å². The normalized spacial score (nSPS) is 11.9. The molecule has 4 aromatic rings. The Morgan fingerprint density at radius 2 is 1.93 bits per heavy atom. The highest BCUT2D eigenvalue weighted by molar-refractivity contribution is 6.30. The van der Waals surface area contributed by atoms with Crippen LogP contribution in [0.5, 0.6) is 5.75 Å². The summed E-state index contributed by atoms with van der Waals surface area (Å²) >= 11 is 6.18. The van der Waals surface area contributed by atoms with Gasteiger partial charge in [-0.2, -0.15) is 4.98 Å². The molecule has 0 spiro atoms. The van der Waals surface area contributed by atoms with Gasteiger partial charge in [-0.3, -0.25) is 0 Å². The van der Waals surface area contributed by atoms with E-state index in [9.17, 15) is 4.79 Å². The van der Waals surface area contributed by atoms with E-state index in [1.54, 1.807) is 48.7 Å². The molecular formula is C21H15ClN2O4. The second-order valence-electron chi connectivity index (χ2n) is 5.92. The van der Waals surface area contributed by atoms with E-state index in [4.69, 9.17) is 25.5 Å². The van der Waals surface area contributed by atoms with Crippen molar-refractivity contribution < 1.29 is 18.7 Å². The second kappa shape index (κ2) is 7.70. The summed E-state index contributed by atoms with van der Waals surface area (Å²) in [4.78, 5) is 20.9. The molecule has 4 rings (SSSR count). The first kappa shape index (κ1) is 18.0. The Kier molecular flexibility index (Phi) is 4.95. The number of hydrogen-bond acceptors (Lipinski definition) is 6. The molecule has 1 atom stereocenters. The van der Waals surface area contributed by atoms with Gasteiger partial charge in [-0.25, -0.2) is 9.78 Å². The van der Waals surface area contributed by atoms with Crippen LogP contribution >= 0.6 is 11.6 Å². The van der Waals surface area contributed by atoms with Crippen molar-refractivity contribution >= 4 is 28.8 Å². The fourth-order valence-corrected chi connectivity index (χ4v) is 2.94. The number of halogens is 1. The van der Waals surface area contributed by atoms with E-state index < -0.39 is 12.1 Å². The molecule has 0 fully saturated rings. The standard InChI is InChI=1S/C21H15ClN2O4/c1-26-21(25)18(13-6-3-2-4-7-13)27-16-10-9-14(22)12-15(16)20-24-19-17(28-20)8-5-11-23-19/h2-12,18H,1H3. The fourth-order valence-electron chi connectivity index (χ4n) is 2.77. The first-order chi connectivity index (χ1) is 13.7. The number of methoxy groups -OCH3 is 1. The van der Waals surface area contributed by atoms with Crippen LogP contribution in [0.15, 0.2) is 71.3 Å². The molecule has 1 unspecified atom stereocenters. The van der Waals surface area contributed by atoms with Gasteiger partial charge < -0.3 is 13.9 Å². The smallest absolute Gasteiger partial charge is 0.351 e. The minimum Gasteiger partial charge on any atom is -0.473 e. The maximum atomic E-state index is 12.4. The Balaban J connectivity index is 1.78. The van der Waals surface area contributed by atoms with Crippen molar-refractivity contribution in [2.45, 2.75) is 6.10 Å². The summed E-state index contributed by atoms with van der Waals surface area (Å²) in [6, 6.07) is 17.6. The maximum absolute atomic E-state index is 12.4. The molecule has 0 N–H and O–H groups in total. The van der Waals surface area contributed by atoms with E-state index in [1.165, 1.54) is 7.11 Å². The average Bonchev–Trinajstić information content (AvgIpc) is 3.17. The van der Waals surface area contributed by atoms with Crippen LogP contribution in [0.25, 0.3) is 22.7 Å². The highest BCUT2D eigenvalue weighted by atomic mass is 35.5. The van der Waals surface area contributed by atoms with Crippen LogP contribution in [0.4, 0.5) is 0 Å². The molecule has 140 valence electrons. The van der Waals surface area contributed by atoms with Crippen molar-refractivity contribution in [1.29, 1.82) is 0 Å². The number of oxazole rings is 1. The quantitative estimate of drug-likeness (QED) is 0.451. The zero-order valence-corrected chi connectivity index (χ0v) is 15.6. The van der Waals surface area contributed by atoms with Gasteiger partial charge in [0.2, 0.25) is 12.0 Å². The van der Waals surface area contributed by atoms with Crippen molar-refractivity contribution in [3.8, 4) is 17.2 Å². The van der Waals surface area contributed by atoms with Crippen molar-refractivity contribution in [3.63, 3.8) is 0 Å². The number of fused-ring (bicyclic) bond motifs is 1. The summed E-state index contributed by atoms with van der Waals surface area (Å²) < 4.78 is 16.7. The summed E-state index contributed by atoms with van der Waals surface area (Å²) in [5.41, 5.74) is 2.18. The summed E-state index contributed by atoms with van der Waals surface area (Å²) in [5.74, 6) is 0.157. The number of ether oxygens (including phenoxy) is 2. The number of carbonyl (C=O) groups excluding carboxylic acids is 1. The van der Waals surface area contributed by atoms with E-state index in [1.807, 2.05) is 18.2 Å². The van der Waals surface area contributed by atoms with Gasteiger partial charge in [0.05, 0.1) is 12.7 Å². The third kappa shape index (κ3) is 3.54. The number of benzene rings is 2. The van der Waals surface area contributed by atoms with Gasteiger partial charge in [0.25, 0.3) is 0 Å². The molecule has 0 aliphatic heterocycles. The Morgan fingerprint density at radius 3 is 2.68 bits per heavy atom. The third-order valence-electron chi connectivity index (χ3n) is 4.10. The lowest BCUT2D eigenvalue weighted by Crippen LogP contribution is -2.20. The van der Waals surface area contributed by atoms with Gasteiger partial charge in [-0.15, -0.1) is 0 Å². The first-order valence-electron chi connectivity index (χ1n) is 8.46. The number of aromatic nitrogens is 2. The van der Waals surface area contributed by atoms with Crippen LogP contribution < -0.4 is 4.74 Å². The number of carbonyl (C=O) groups is 1. The highest BCUT2D eigenvalue weighted by Crippen LogP contribution is 2.36. The molecule has 0 radical (unpaired) electrons. The molecule has 6 nitrogen and oxygen atoms in total. The zero-order valence-electron chi connectivity index (χ0n) is 14.8. The molecule has 0 bridgehead atoms. The summed E-state index contributed by atoms with van der Waals surface area (Å²) in [5, 5.41) is 0.479. The lowest BCUT2D eigenvalue weighted by Gasteiger charge is -2.19. The average molecular weight is 395 g/mol. The molecular weight excluding hydrogens is 380 g/mol. The summed E-state index contributed by atoms with van der Waals surface area (Å²) in [7, 11) is 1.32. The lowest BCUT2D eigenvalue weighted by atomic mass is 10.1. The number of rotatable bonds is 5. The SMILES string of the molecule is COC(=O)C(Oc1ccc(Cl)cc1-c1nc2ncccc2o1)c1ccccc1. The second-order valence-corrected chi connectivity index (χ2v) is 6.35. The molecule has 0 saturated heterocycles. The van der Waals surface area contributed by atoms with Gasteiger partial charge in [0, 0.05) is 16.8 Å². The molecule has 2 heterocycles. The largest absolute Gasteiger partial charge is 0.473 e.